The topological polar surface area (TPSA) is 55.5 Å². The minimum absolute atomic E-state index is 0.285. The summed E-state index contributed by atoms with van der Waals surface area (Å²) in [4.78, 5) is 0. The molecule has 19 heavy (non-hydrogen) atoms. The van der Waals surface area contributed by atoms with Gasteiger partial charge >= 0.3 is 0 Å². The largest absolute Gasteiger partial charge is 0.508 e. The first-order valence-electron chi connectivity index (χ1n) is 7.44. The van der Waals surface area contributed by atoms with Crippen molar-refractivity contribution >= 4 is 0 Å². The first-order valence-corrected chi connectivity index (χ1v) is 7.44. The molecule has 3 nitrogen and oxygen atoms in total. The number of rotatable bonds is 6. The summed E-state index contributed by atoms with van der Waals surface area (Å²) in [5.41, 5.74) is 6.62. The Morgan fingerprint density at radius 3 is 2.68 bits per heavy atom. The Balaban J connectivity index is 1.89. The number of nitrogens with two attached hydrogens (primary N) is 1. The average molecular weight is 263 g/mol. The number of phenols is 1. The fraction of sp³-hybridized carbons (Fsp3) is 0.625. The summed E-state index contributed by atoms with van der Waals surface area (Å²) in [6, 6.07) is 5.52. The second kappa shape index (κ2) is 7.39. The van der Waals surface area contributed by atoms with E-state index in [1.807, 2.05) is 6.07 Å². The third-order valence-corrected chi connectivity index (χ3v) is 3.83. The molecule has 0 spiro atoms. The zero-order valence-corrected chi connectivity index (χ0v) is 11.6. The van der Waals surface area contributed by atoms with E-state index in [1.54, 1.807) is 12.1 Å². The van der Waals surface area contributed by atoms with E-state index in [4.69, 9.17) is 10.5 Å². The van der Waals surface area contributed by atoms with E-state index >= 15 is 0 Å². The predicted octanol–water partition coefficient (Wildman–Crippen LogP) is 3.24. The van der Waals surface area contributed by atoms with Crippen LogP contribution in [0.5, 0.6) is 11.5 Å². The summed E-state index contributed by atoms with van der Waals surface area (Å²) in [5, 5.41) is 9.72. The van der Waals surface area contributed by atoms with Crippen LogP contribution in [0.2, 0.25) is 0 Å². The lowest BCUT2D eigenvalue weighted by atomic mass is 9.90. The second-order valence-corrected chi connectivity index (χ2v) is 5.54. The smallest absolute Gasteiger partial charge is 0.123 e. The summed E-state index contributed by atoms with van der Waals surface area (Å²) >= 11 is 0. The van der Waals surface area contributed by atoms with Crippen LogP contribution in [0.25, 0.3) is 0 Å². The molecule has 1 saturated carbocycles. The molecule has 1 aliphatic rings. The quantitative estimate of drug-likeness (QED) is 0.828. The lowest BCUT2D eigenvalue weighted by Crippen LogP contribution is -2.15. The first kappa shape index (κ1) is 14.2. The number of aryl methyl sites for hydroxylation is 1. The highest BCUT2D eigenvalue weighted by atomic mass is 16.5. The van der Waals surface area contributed by atoms with Gasteiger partial charge in [0.05, 0.1) is 6.61 Å². The van der Waals surface area contributed by atoms with E-state index in [0.29, 0.717) is 12.5 Å². The van der Waals surface area contributed by atoms with Crippen molar-refractivity contribution < 1.29 is 9.84 Å². The maximum atomic E-state index is 9.72. The highest BCUT2D eigenvalue weighted by Gasteiger charge is 2.14. The molecule has 0 amide bonds. The summed E-state index contributed by atoms with van der Waals surface area (Å²) in [7, 11) is 0. The molecule has 0 atom stereocenters. The van der Waals surface area contributed by atoms with Crippen molar-refractivity contribution in [2.75, 3.05) is 13.2 Å². The van der Waals surface area contributed by atoms with Gasteiger partial charge in [-0.25, -0.2) is 0 Å². The highest BCUT2D eigenvalue weighted by Crippen LogP contribution is 2.27. The third kappa shape index (κ3) is 4.75. The van der Waals surface area contributed by atoms with Crippen LogP contribution >= 0.6 is 0 Å². The number of benzene rings is 1. The van der Waals surface area contributed by atoms with Crippen LogP contribution in [-0.4, -0.2) is 18.3 Å². The number of hydrogen-bond donors (Lipinski definition) is 2. The number of phenolic OH excluding ortho intramolecular Hbond substituents is 1. The van der Waals surface area contributed by atoms with Gasteiger partial charge in [0, 0.05) is 6.07 Å². The maximum Gasteiger partial charge on any atom is 0.123 e. The van der Waals surface area contributed by atoms with E-state index < -0.39 is 0 Å². The molecule has 0 aliphatic heterocycles. The molecule has 3 N–H and O–H groups in total. The predicted molar refractivity (Wildman–Crippen MR) is 77.6 cm³/mol. The highest BCUT2D eigenvalue weighted by molar-refractivity contribution is 5.37. The molecule has 1 aromatic carbocycles. The monoisotopic (exact) mass is 263 g/mol. The number of hydrogen-bond acceptors (Lipinski definition) is 3. The van der Waals surface area contributed by atoms with Crippen molar-refractivity contribution in [2.24, 2.45) is 11.7 Å². The Labute approximate surface area is 115 Å². The molecule has 106 valence electrons. The van der Waals surface area contributed by atoms with Gasteiger partial charge in [0.2, 0.25) is 0 Å². The number of ether oxygens (including phenoxy) is 1. The molecule has 2 rings (SSSR count). The van der Waals surface area contributed by atoms with Crippen LogP contribution in [0.1, 0.15) is 44.1 Å². The van der Waals surface area contributed by atoms with E-state index in [2.05, 4.69) is 0 Å². The van der Waals surface area contributed by atoms with Crippen molar-refractivity contribution in [1.29, 1.82) is 0 Å². The van der Waals surface area contributed by atoms with Gasteiger partial charge < -0.3 is 15.6 Å². The van der Waals surface area contributed by atoms with E-state index in [9.17, 15) is 5.11 Å². The van der Waals surface area contributed by atoms with E-state index in [-0.39, 0.29) is 5.75 Å². The van der Waals surface area contributed by atoms with Gasteiger partial charge in [0.25, 0.3) is 0 Å². The van der Waals surface area contributed by atoms with Gasteiger partial charge in [-0.2, -0.15) is 0 Å². The molecule has 0 saturated heterocycles. The Kier molecular flexibility index (Phi) is 5.52. The molecule has 0 aromatic heterocycles. The lowest BCUT2D eigenvalue weighted by molar-refractivity contribution is 0.208. The Morgan fingerprint density at radius 2 is 1.95 bits per heavy atom. The standard InChI is InChI=1S/C16H25NO2/c17-8-4-7-14-9-15(18)11-16(10-14)19-12-13-5-2-1-3-6-13/h9-11,13,18H,1-8,12,17H2. The average Bonchev–Trinajstić information content (AvgIpc) is 2.43. The molecule has 1 fully saturated rings. The molecule has 0 heterocycles. The SMILES string of the molecule is NCCCc1cc(O)cc(OCC2CCCCC2)c1. The van der Waals surface area contributed by atoms with Gasteiger partial charge in [-0.15, -0.1) is 0 Å². The molecule has 3 heteroatoms. The summed E-state index contributed by atoms with van der Waals surface area (Å²) in [6.07, 6.45) is 8.41. The summed E-state index contributed by atoms with van der Waals surface area (Å²) < 4.78 is 5.86. The van der Waals surface area contributed by atoms with E-state index in [0.717, 1.165) is 30.8 Å². The first-order chi connectivity index (χ1) is 9.28. The molecule has 1 aromatic rings. The minimum Gasteiger partial charge on any atom is -0.508 e. The fourth-order valence-corrected chi connectivity index (χ4v) is 2.75. The van der Waals surface area contributed by atoms with Crippen molar-refractivity contribution in [2.45, 2.75) is 44.9 Å². The zero-order valence-electron chi connectivity index (χ0n) is 11.6. The van der Waals surface area contributed by atoms with Gasteiger partial charge in [0.15, 0.2) is 0 Å². The third-order valence-electron chi connectivity index (χ3n) is 3.83. The van der Waals surface area contributed by atoms with Gasteiger partial charge in [0.1, 0.15) is 11.5 Å². The van der Waals surface area contributed by atoms with Crippen LogP contribution in [0.15, 0.2) is 18.2 Å². The summed E-state index contributed by atoms with van der Waals surface area (Å²) in [5.74, 6) is 1.76. The van der Waals surface area contributed by atoms with Crippen molar-refractivity contribution in [1.82, 2.24) is 0 Å². The summed E-state index contributed by atoms with van der Waals surface area (Å²) in [6.45, 7) is 1.45. The zero-order chi connectivity index (χ0) is 13.5. The fourth-order valence-electron chi connectivity index (χ4n) is 2.75. The Hall–Kier alpha value is -1.22. The molecular weight excluding hydrogens is 238 g/mol. The van der Waals surface area contributed by atoms with Gasteiger partial charge in [-0.05, 0) is 55.8 Å². The Morgan fingerprint density at radius 1 is 1.16 bits per heavy atom. The van der Waals surface area contributed by atoms with Crippen molar-refractivity contribution in [3.8, 4) is 11.5 Å². The van der Waals surface area contributed by atoms with Crippen LogP contribution in [0.4, 0.5) is 0 Å². The molecule has 0 unspecified atom stereocenters. The van der Waals surface area contributed by atoms with E-state index in [1.165, 1.54) is 32.1 Å². The maximum absolute atomic E-state index is 9.72. The van der Waals surface area contributed by atoms with Crippen LogP contribution in [-0.2, 0) is 6.42 Å². The molecule has 0 bridgehead atoms. The Bertz CT molecular complexity index is 386. The minimum atomic E-state index is 0.285. The lowest BCUT2D eigenvalue weighted by Gasteiger charge is -2.21. The molecule has 1 aliphatic carbocycles. The van der Waals surface area contributed by atoms with Crippen LogP contribution in [0.3, 0.4) is 0 Å². The molecule has 0 radical (unpaired) electrons. The van der Waals surface area contributed by atoms with Crippen LogP contribution < -0.4 is 10.5 Å². The van der Waals surface area contributed by atoms with Gasteiger partial charge in [-0.1, -0.05) is 19.3 Å². The van der Waals surface area contributed by atoms with Crippen LogP contribution in [0, 0.1) is 5.92 Å². The second-order valence-electron chi connectivity index (χ2n) is 5.54. The van der Waals surface area contributed by atoms with Gasteiger partial charge in [-0.3, -0.25) is 0 Å². The normalized spacial score (nSPS) is 16.5. The number of aromatic hydroxyl groups is 1. The van der Waals surface area contributed by atoms with Crippen molar-refractivity contribution in [3.63, 3.8) is 0 Å². The van der Waals surface area contributed by atoms with Crippen molar-refractivity contribution in [3.05, 3.63) is 23.8 Å². The molecular formula is C16H25NO2.